The van der Waals surface area contributed by atoms with E-state index in [1.54, 1.807) is 0 Å². The van der Waals surface area contributed by atoms with E-state index in [2.05, 4.69) is 111 Å². The van der Waals surface area contributed by atoms with Crippen LogP contribution in [0.4, 0.5) is 0 Å². The normalized spacial score (nSPS) is 11.0. The summed E-state index contributed by atoms with van der Waals surface area (Å²) in [7, 11) is 0. The maximum absolute atomic E-state index is 6.89. The third-order valence-corrected chi connectivity index (χ3v) is 7.17. The summed E-state index contributed by atoms with van der Waals surface area (Å²) in [5.74, 6) is 1.89. The Bertz CT molecular complexity index is 1110. The van der Waals surface area contributed by atoms with Gasteiger partial charge < -0.3 is 4.74 Å². The minimum atomic E-state index is 0.944. The molecule has 0 aromatic heterocycles. The molecular weight excluding hydrogens is 448 g/mol. The second-order valence-electron chi connectivity index (χ2n) is 10.0. The topological polar surface area (TPSA) is 9.23 Å². The monoisotopic (exact) mass is 490 g/mol. The van der Waals surface area contributed by atoms with E-state index >= 15 is 0 Å². The van der Waals surface area contributed by atoms with Gasteiger partial charge >= 0.3 is 0 Å². The molecule has 192 valence electrons. The first-order chi connectivity index (χ1) is 18.3. The molecule has 0 saturated carbocycles. The van der Waals surface area contributed by atoms with E-state index in [1.807, 2.05) is 0 Å². The Hall–Kier alpha value is -3.32. The zero-order chi connectivity index (χ0) is 25.7. The smallest absolute Gasteiger partial charge is 0.135 e. The Kier molecular flexibility index (Phi) is 10.4. The number of benzene rings is 4. The lowest BCUT2D eigenvalue weighted by Gasteiger charge is -2.20. The van der Waals surface area contributed by atoms with Gasteiger partial charge in [-0.15, -0.1) is 0 Å². The second kappa shape index (κ2) is 14.4. The van der Waals surface area contributed by atoms with E-state index < -0.39 is 0 Å². The fourth-order valence-electron chi connectivity index (χ4n) is 5.21. The second-order valence-corrected chi connectivity index (χ2v) is 10.0. The summed E-state index contributed by atoms with van der Waals surface area (Å²) >= 11 is 0. The minimum Gasteiger partial charge on any atom is -0.456 e. The first kappa shape index (κ1) is 26.7. The van der Waals surface area contributed by atoms with Crippen LogP contribution in [0.2, 0.25) is 0 Å². The fraction of sp³-hybridized carbons (Fsp3) is 0.333. The quantitative estimate of drug-likeness (QED) is 0.160. The first-order valence-corrected chi connectivity index (χ1v) is 14.3. The molecule has 37 heavy (non-hydrogen) atoms. The van der Waals surface area contributed by atoms with E-state index in [0.29, 0.717) is 0 Å². The largest absolute Gasteiger partial charge is 0.456 e. The molecule has 0 fully saturated rings. The van der Waals surface area contributed by atoms with Crippen LogP contribution >= 0.6 is 0 Å². The number of hydrogen-bond donors (Lipinski definition) is 0. The third kappa shape index (κ3) is 7.35. The van der Waals surface area contributed by atoms with Crippen molar-refractivity contribution >= 4 is 0 Å². The van der Waals surface area contributed by atoms with Gasteiger partial charge in [0.25, 0.3) is 0 Å². The summed E-state index contributed by atoms with van der Waals surface area (Å²) < 4.78 is 6.89. The van der Waals surface area contributed by atoms with Crippen molar-refractivity contribution in [2.75, 3.05) is 0 Å². The molecule has 4 aromatic carbocycles. The third-order valence-electron chi connectivity index (χ3n) is 7.17. The van der Waals surface area contributed by atoms with Crippen LogP contribution in [0.15, 0.2) is 97.1 Å². The average molecular weight is 491 g/mol. The van der Waals surface area contributed by atoms with Crippen molar-refractivity contribution in [3.63, 3.8) is 0 Å². The molecule has 0 saturated heterocycles. The van der Waals surface area contributed by atoms with Gasteiger partial charge in [-0.25, -0.2) is 0 Å². The number of aryl methyl sites for hydroxylation is 2. The molecule has 0 aliphatic rings. The molecule has 0 spiro atoms. The maximum atomic E-state index is 6.89. The Morgan fingerprint density at radius 3 is 1.27 bits per heavy atom. The van der Waals surface area contributed by atoms with Crippen molar-refractivity contribution in [1.82, 2.24) is 0 Å². The Morgan fingerprint density at radius 2 is 0.865 bits per heavy atom. The Balaban J connectivity index is 1.73. The van der Waals surface area contributed by atoms with Crippen molar-refractivity contribution in [1.29, 1.82) is 0 Å². The van der Waals surface area contributed by atoms with Crippen molar-refractivity contribution in [2.24, 2.45) is 0 Å². The van der Waals surface area contributed by atoms with Gasteiger partial charge in [-0.3, -0.25) is 0 Å². The average Bonchev–Trinajstić information content (AvgIpc) is 2.95. The zero-order valence-electron chi connectivity index (χ0n) is 22.7. The van der Waals surface area contributed by atoms with Gasteiger partial charge in [0.2, 0.25) is 0 Å². The molecule has 0 amide bonds. The molecule has 4 rings (SSSR count). The van der Waals surface area contributed by atoms with Crippen molar-refractivity contribution in [3.8, 4) is 33.8 Å². The van der Waals surface area contributed by atoms with E-state index in [-0.39, 0.29) is 0 Å². The highest BCUT2D eigenvalue weighted by Crippen LogP contribution is 2.41. The minimum absolute atomic E-state index is 0.944. The highest BCUT2D eigenvalue weighted by Gasteiger charge is 2.17. The summed E-state index contributed by atoms with van der Waals surface area (Å²) in [6, 6.07) is 34.7. The van der Waals surface area contributed by atoms with Crippen LogP contribution in [-0.4, -0.2) is 0 Å². The Morgan fingerprint density at radius 1 is 0.432 bits per heavy atom. The van der Waals surface area contributed by atoms with Gasteiger partial charge in [0.05, 0.1) is 0 Å². The number of hydrogen-bond acceptors (Lipinski definition) is 1. The van der Waals surface area contributed by atoms with E-state index in [4.69, 9.17) is 4.74 Å². The van der Waals surface area contributed by atoms with Gasteiger partial charge in [0.15, 0.2) is 0 Å². The molecule has 4 aromatic rings. The summed E-state index contributed by atoms with van der Waals surface area (Å²) in [5, 5.41) is 0. The van der Waals surface area contributed by atoms with Gasteiger partial charge in [-0.2, -0.15) is 0 Å². The van der Waals surface area contributed by atoms with Gasteiger partial charge in [0.1, 0.15) is 11.5 Å². The van der Waals surface area contributed by atoms with E-state index in [0.717, 1.165) is 24.3 Å². The summed E-state index contributed by atoms with van der Waals surface area (Å²) in [4.78, 5) is 0. The van der Waals surface area contributed by atoms with Crippen LogP contribution in [-0.2, 0) is 12.8 Å². The van der Waals surface area contributed by atoms with Crippen molar-refractivity contribution in [2.45, 2.75) is 78.1 Å². The summed E-state index contributed by atoms with van der Waals surface area (Å²) in [6.07, 6.45) is 12.2. The van der Waals surface area contributed by atoms with Crippen LogP contribution in [0.1, 0.15) is 76.3 Å². The van der Waals surface area contributed by atoms with Crippen LogP contribution in [0, 0.1) is 0 Å². The van der Waals surface area contributed by atoms with E-state index in [1.165, 1.54) is 84.7 Å². The molecular formula is C36H42O. The van der Waals surface area contributed by atoms with Gasteiger partial charge in [-0.1, -0.05) is 137 Å². The highest BCUT2D eigenvalue weighted by atomic mass is 16.5. The molecule has 0 radical (unpaired) electrons. The van der Waals surface area contributed by atoms with Crippen molar-refractivity contribution in [3.05, 3.63) is 108 Å². The molecule has 0 aliphatic heterocycles. The SMILES string of the molecule is CCCCCCc1cccc(Oc2cccc(CCCCCC)c2-c2ccccc2)c1-c1ccccc1. The van der Waals surface area contributed by atoms with Gasteiger partial charge in [-0.05, 0) is 60.1 Å². The number of unbranched alkanes of at least 4 members (excludes halogenated alkanes) is 6. The van der Waals surface area contributed by atoms with Crippen molar-refractivity contribution < 1.29 is 4.74 Å². The number of rotatable bonds is 14. The standard InChI is InChI=1S/C36H42O/c1-3-5-7-11-19-31-25-17-27-33(35(31)29-21-13-9-14-22-29)37-34-28-18-26-32(20-12-8-6-4-2)36(34)30-23-15-10-16-24-30/h9-10,13-18,21-28H,3-8,11-12,19-20H2,1-2H3. The van der Waals surface area contributed by atoms with E-state index in [9.17, 15) is 0 Å². The molecule has 0 aliphatic carbocycles. The molecule has 0 atom stereocenters. The fourth-order valence-corrected chi connectivity index (χ4v) is 5.21. The predicted octanol–water partition coefficient (Wildman–Crippen LogP) is 11.1. The zero-order valence-corrected chi connectivity index (χ0v) is 22.7. The lowest BCUT2D eigenvalue weighted by Crippen LogP contribution is -1.98. The predicted molar refractivity (Wildman–Crippen MR) is 160 cm³/mol. The molecule has 1 heteroatoms. The van der Waals surface area contributed by atoms with Crippen LogP contribution in [0.5, 0.6) is 11.5 Å². The molecule has 0 heterocycles. The lowest BCUT2D eigenvalue weighted by atomic mass is 9.93. The summed E-state index contributed by atoms with van der Waals surface area (Å²) in [5.41, 5.74) is 7.65. The number of ether oxygens (including phenoxy) is 1. The summed E-state index contributed by atoms with van der Waals surface area (Å²) in [6.45, 7) is 4.54. The van der Waals surface area contributed by atoms with Gasteiger partial charge in [0, 0.05) is 11.1 Å². The van der Waals surface area contributed by atoms with Crippen LogP contribution in [0.3, 0.4) is 0 Å². The lowest BCUT2D eigenvalue weighted by molar-refractivity contribution is 0.484. The highest BCUT2D eigenvalue weighted by molar-refractivity contribution is 5.78. The van der Waals surface area contributed by atoms with Crippen LogP contribution in [0.25, 0.3) is 22.3 Å². The maximum Gasteiger partial charge on any atom is 0.135 e. The molecule has 0 bridgehead atoms. The van der Waals surface area contributed by atoms with Crippen LogP contribution < -0.4 is 4.74 Å². The molecule has 0 unspecified atom stereocenters. The molecule has 0 N–H and O–H groups in total. The Labute approximate surface area is 224 Å². The molecule has 1 nitrogen and oxygen atoms in total. The first-order valence-electron chi connectivity index (χ1n) is 14.3.